The molecule has 3 N–H and O–H groups in total. The van der Waals surface area contributed by atoms with E-state index in [-0.39, 0.29) is 17.4 Å². The van der Waals surface area contributed by atoms with E-state index in [1.54, 1.807) is 92.0 Å². The van der Waals surface area contributed by atoms with Crippen LogP contribution in [0.3, 0.4) is 0 Å². The Labute approximate surface area is 264 Å². The van der Waals surface area contributed by atoms with Gasteiger partial charge in [0, 0.05) is 32.8 Å². The number of benzene rings is 4. The summed E-state index contributed by atoms with van der Waals surface area (Å²) in [7, 11) is 4.55. The van der Waals surface area contributed by atoms with Crippen LogP contribution >= 0.6 is 23.4 Å². The first kappa shape index (κ1) is 32.0. The third kappa shape index (κ3) is 8.79. The van der Waals surface area contributed by atoms with Gasteiger partial charge >= 0.3 is 0 Å². The van der Waals surface area contributed by atoms with Gasteiger partial charge in [0.1, 0.15) is 22.9 Å². The van der Waals surface area contributed by atoms with Crippen molar-refractivity contribution in [2.45, 2.75) is 4.90 Å². The van der Waals surface area contributed by atoms with Gasteiger partial charge in [0.2, 0.25) is 5.91 Å². The van der Waals surface area contributed by atoms with Crippen molar-refractivity contribution in [3.05, 3.63) is 113 Å². The SMILES string of the molecule is COc1ccc(/C=C(/NC(=O)c2ccccc2)C(=O)Nc2cccc(SCC(=O)Nc3cc(Cl)ccc3OC)c2)c(OC)c1. The number of methoxy groups -OCH3 is 3. The Kier molecular flexibility index (Phi) is 11.3. The summed E-state index contributed by atoms with van der Waals surface area (Å²) in [4.78, 5) is 39.9. The molecule has 0 aliphatic heterocycles. The molecule has 0 heterocycles. The molecule has 0 saturated heterocycles. The van der Waals surface area contributed by atoms with Crippen molar-refractivity contribution in [1.82, 2.24) is 5.32 Å². The van der Waals surface area contributed by atoms with Gasteiger partial charge in [-0.2, -0.15) is 0 Å². The molecule has 0 saturated carbocycles. The number of rotatable bonds is 12. The van der Waals surface area contributed by atoms with E-state index in [9.17, 15) is 14.4 Å². The summed E-state index contributed by atoms with van der Waals surface area (Å²) < 4.78 is 16.0. The van der Waals surface area contributed by atoms with E-state index in [2.05, 4.69) is 16.0 Å². The molecule has 44 heavy (non-hydrogen) atoms. The molecule has 9 nitrogen and oxygen atoms in total. The van der Waals surface area contributed by atoms with Gasteiger partial charge in [-0.25, -0.2) is 0 Å². The minimum Gasteiger partial charge on any atom is -0.497 e. The maximum Gasteiger partial charge on any atom is 0.272 e. The highest BCUT2D eigenvalue weighted by atomic mass is 35.5. The Morgan fingerprint density at radius 1 is 0.795 bits per heavy atom. The fraction of sp³-hybridized carbons (Fsp3) is 0.121. The third-order valence-electron chi connectivity index (χ3n) is 6.17. The predicted octanol–water partition coefficient (Wildman–Crippen LogP) is 6.51. The molecule has 0 spiro atoms. The summed E-state index contributed by atoms with van der Waals surface area (Å²) in [5.74, 6) is 0.359. The van der Waals surface area contributed by atoms with Crippen molar-refractivity contribution >= 4 is 58.5 Å². The Morgan fingerprint density at radius 2 is 1.57 bits per heavy atom. The maximum atomic E-state index is 13.5. The topological polar surface area (TPSA) is 115 Å². The van der Waals surface area contributed by atoms with Gasteiger partial charge in [-0.05, 0) is 66.7 Å². The van der Waals surface area contributed by atoms with Crippen molar-refractivity contribution in [3.63, 3.8) is 0 Å². The molecule has 11 heteroatoms. The molecule has 0 fully saturated rings. The van der Waals surface area contributed by atoms with Crippen LogP contribution in [0.25, 0.3) is 6.08 Å². The summed E-state index contributed by atoms with van der Waals surface area (Å²) in [6, 6.07) is 25.7. The van der Waals surface area contributed by atoms with Crippen molar-refractivity contribution in [2.75, 3.05) is 37.7 Å². The van der Waals surface area contributed by atoms with Gasteiger partial charge in [0.25, 0.3) is 11.8 Å². The minimum absolute atomic E-state index is 0.00442. The number of hydrogen-bond acceptors (Lipinski definition) is 7. The van der Waals surface area contributed by atoms with E-state index in [0.29, 0.717) is 44.8 Å². The number of anilines is 2. The molecule has 0 atom stereocenters. The Morgan fingerprint density at radius 3 is 2.30 bits per heavy atom. The van der Waals surface area contributed by atoms with Crippen LogP contribution in [0, 0.1) is 0 Å². The Balaban J connectivity index is 1.50. The molecule has 0 radical (unpaired) electrons. The van der Waals surface area contributed by atoms with Crippen molar-refractivity contribution in [3.8, 4) is 17.2 Å². The van der Waals surface area contributed by atoms with Crippen LogP contribution < -0.4 is 30.2 Å². The normalized spacial score (nSPS) is 10.9. The molecule has 0 aromatic heterocycles. The molecule has 4 rings (SSSR count). The Bertz CT molecular complexity index is 1680. The van der Waals surface area contributed by atoms with Crippen LogP contribution in [-0.2, 0) is 9.59 Å². The number of halogens is 1. The number of hydrogen-bond donors (Lipinski definition) is 3. The first-order valence-electron chi connectivity index (χ1n) is 13.3. The van der Waals surface area contributed by atoms with Gasteiger partial charge in [-0.3, -0.25) is 14.4 Å². The van der Waals surface area contributed by atoms with E-state index in [1.807, 2.05) is 6.07 Å². The highest BCUT2D eigenvalue weighted by Gasteiger charge is 2.17. The third-order valence-corrected chi connectivity index (χ3v) is 7.40. The van der Waals surface area contributed by atoms with E-state index in [1.165, 1.54) is 32.1 Å². The summed E-state index contributed by atoms with van der Waals surface area (Å²) >= 11 is 7.34. The average molecular weight is 632 g/mol. The lowest BCUT2D eigenvalue weighted by Crippen LogP contribution is -2.30. The zero-order valence-electron chi connectivity index (χ0n) is 24.2. The Hall–Kier alpha value is -4.93. The van der Waals surface area contributed by atoms with Crippen LogP contribution in [0.2, 0.25) is 5.02 Å². The summed E-state index contributed by atoms with van der Waals surface area (Å²) in [6.07, 6.45) is 1.53. The molecule has 0 bridgehead atoms. The van der Waals surface area contributed by atoms with Gasteiger partial charge < -0.3 is 30.2 Å². The molecular weight excluding hydrogens is 602 g/mol. The predicted molar refractivity (Wildman–Crippen MR) is 174 cm³/mol. The average Bonchev–Trinajstić information content (AvgIpc) is 3.04. The molecule has 3 amide bonds. The molecule has 0 unspecified atom stereocenters. The standard InChI is InChI=1S/C33H30ClN3O6S/c1-41-25-14-12-22(30(19-25)43-3)16-28(37-32(39)21-8-5-4-6-9-21)33(40)35-24-10-7-11-26(18-24)44-20-31(38)36-27-17-23(34)13-15-29(27)42-2/h4-19H,20H2,1-3H3,(H,35,40)(H,36,38)(H,37,39)/b28-16+. The van der Waals surface area contributed by atoms with Gasteiger partial charge in [-0.1, -0.05) is 35.9 Å². The zero-order valence-corrected chi connectivity index (χ0v) is 25.8. The lowest BCUT2D eigenvalue weighted by molar-refractivity contribution is -0.114. The number of ether oxygens (including phenoxy) is 3. The van der Waals surface area contributed by atoms with E-state index >= 15 is 0 Å². The van der Waals surface area contributed by atoms with Crippen LogP contribution in [0.1, 0.15) is 15.9 Å². The minimum atomic E-state index is -0.555. The highest BCUT2D eigenvalue weighted by Crippen LogP contribution is 2.29. The molecule has 0 aliphatic carbocycles. The molecule has 4 aromatic rings. The van der Waals surface area contributed by atoms with Crippen LogP contribution in [0.15, 0.2) is 102 Å². The zero-order chi connectivity index (χ0) is 31.5. The summed E-state index contributed by atoms with van der Waals surface area (Å²) in [6.45, 7) is 0. The second-order valence-electron chi connectivity index (χ2n) is 9.15. The molecule has 0 aliphatic rings. The number of amides is 3. The molecule has 4 aromatic carbocycles. The molecular formula is C33H30ClN3O6S. The van der Waals surface area contributed by atoms with Crippen molar-refractivity contribution in [1.29, 1.82) is 0 Å². The first-order chi connectivity index (χ1) is 21.3. The lowest BCUT2D eigenvalue weighted by Gasteiger charge is -2.14. The monoisotopic (exact) mass is 631 g/mol. The molecule has 226 valence electrons. The lowest BCUT2D eigenvalue weighted by atomic mass is 10.1. The van der Waals surface area contributed by atoms with Crippen LogP contribution in [-0.4, -0.2) is 44.8 Å². The van der Waals surface area contributed by atoms with Gasteiger partial charge in [-0.15, -0.1) is 11.8 Å². The number of carbonyl (C=O) groups excluding carboxylic acids is 3. The highest BCUT2D eigenvalue weighted by molar-refractivity contribution is 8.00. The van der Waals surface area contributed by atoms with Crippen molar-refractivity contribution < 1.29 is 28.6 Å². The second kappa shape index (κ2) is 15.5. The fourth-order valence-corrected chi connectivity index (χ4v) is 4.94. The number of thioether (sulfide) groups is 1. The van der Waals surface area contributed by atoms with E-state index in [0.717, 1.165) is 4.90 Å². The van der Waals surface area contributed by atoms with E-state index < -0.39 is 11.8 Å². The summed E-state index contributed by atoms with van der Waals surface area (Å²) in [5.41, 5.74) is 1.88. The smallest absolute Gasteiger partial charge is 0.272 e. The van der Waals surface area contributed by atoms with E-state index in [4.69, 9.17) is 25.8 Å². The summed E-state index contributed by atoms with van der Waals surface area (Å²) in [5, 5.41) is 8.82. The fourth-order valence-electron chi connectivity index (χ4n) is 4.01. The van der Waals surface area contributed by atoms with Crippen molar-refractivity contribution in [2.24, 2.45) is 0 Å². The number of carbonyl (C=O) groups is 3. The first-order valence-corrected chi connectivity index (χ1v) is 14.6. The van der Waals surface area contributed by atoms with Crippen LogP contribution in [0.5, 0.6) is 17.2 Å². The van der Waals surface area contributed by atoms with Crippen LogP contribution in [0.4, 0.5) is 11.4 Å². The number of nitrogens with one attached hydrogen (secondary N) is 3. The van der Waals surface area contributed by atoms with Gasteiger partial charge in [0.05, 0.1) is 32.8 Å². The maximum absolute atomic E-state index is 13.5. The largest absolute Gasteiger partial charge is 0.497 e. The second-order valence-corrected chi connectivity index (χ2v) is 10.6. The van der Waals surface area contributed by atoms with Gasteiger partial charge in [0.15, 0.2) is 0 Å². The quantitative estimate of drug-likeness (QED) is 0.121.